The molecule has 0 heterocycles. The third-order valence-corrected chi connectivity index (χ3v) is 4.38. The zero-order valence-corrected chi connectivity index (χ0v) is 13.5. The van der Waals surface area contributed by atoms with Crippen LogP contribution < -0.4 is 10.1 Å². The minimum atomic E-state index is -0.457. The Bertz CT molecular complexity index is 689. The third-order valence-electron chi connectivity index (χ3n) is 3.95. The van der Waals surface area contributed by atoms with Crippen LogP contribution in [0.25, 0.3) is 0 Å². The predicted molar refractivity (Wildman–Crippen MR) is 89.0 cm³/mol. The summed E-state index contributed by atoms with van der Waals surface area (Å²) in [7, 11) is 1.62. The van der Waals surface area contributed by atoms with Gasteiger partial charge in [0.1, 0.15) is 5.75 Å². The molecule has 114 valence electrons. The van der Waals surface area contributed by atoms with Crippen LogP contribution in [0.4, 0.5) is 5.69 Å². The maximum atomic E-state index is 12.6. The van der Waals surface area contributed by atoms with Crippen molar-refractivity contribution in [1.82, 2.24) is 0 Å². The van der Waals surface area contributed by atoms with Gasteiger partial charge in [0.05, 0.1) is 12.5 Å². The molecule has 22 heavy (non-hydrogen) atoms. The van der Waals surface area contributed by atoms with Crippen molar-refractivity contribution in [2.45, 2.75) is 18.3 Å². The molecule has 0 bridgehead atoms. The van der Waals surface area contributed by atoms with Crippen LogP contribution in [0.2, 0.25) is 10.0 Å². The molecule has 1 saturated carbocycles. The first-order valence-electron chi connectivity index (χ1n) is 6.95. The van der Waals surface area contributed by atoms with Gasteiger partial charge in [-0.1, -0.05) is 35.3 Å². The van der Waals surface area contributed by atoms with Gasteiger partial charge in [-0.05, 0) is 48.7 Å². The van der Waals surface area contributed by atoms with E-state index in [9.17, 15) is 4.79 Å². The van der Waals surface area contributed by atoms with E-state index in [1.165, 1.54) is 0 Å². The van der Waals surface area contributed by atoms with Crippen LogP contribution in [0.15, 0.2) is 42.5 Å². The number of nitrogens with one attached hydrogen (secondary N) is 1. The normalized spacial score (nSPS) is 15.2. The van der Waals surface area contributed by atoms with Gasteiger partial charge in [-0.25, -0.2) is 0 Å². The summed E-state index contributed by atoms with van der Waals surface area (Å²) in [5, 5.41) is 3.91. The lowest BCUT2D eigenvalue weighted by Gasteiger charge is -2.16. The monoisotopic (exact) mass is 335 g/mol. The first-order chi connectivity index (χ1) is 10.5. The maximum Gasteiger partial charge on any atom is 0.235 e. The molecule has 1 N–H and O–H groups in total. The number of amides is 1. The lowest BCUT2D eigenvalue weighted by atomic mass is 9.95. The molecular weight excluding hydrogens is 321 g/mol. The SMILES string of the molecule is COc1ccc(C2(C(=O)Nc3cc(Cl)cc(Cl)c3)CC2)cc1. The van der Waals surface area contributed by atoms with E-state index < -0.39 is 5.41 Å². The number of anilines is 1. The van der Waals surface area contributed by atoms with Gasteiger partial charge in [0.15, 0.2) is 0 Å². The second-order valence-electron chi connectivity index (χ2n) is 5.42. The maximum absolute atomic E-state index is 12.6. The minimum Gasteiger partial charge on any atom is -0.497 e. The summed E-state index contributed by atoms with van der Waals surface area (Å²) in [5.74, 6) is 0.748. The molecule has 1 aliphatic rings. The summed E-state index contributed by atoms with van der Waals surface area (Å²) in [6.07, 6.45) is 1.67. The van der Waals surface area contributed by atoms with Crippen molar-refractivity contribution < 1.29 is 9.53 Å². The number of hydrogen-bond acceptors (Lipinski definition) is 2. The Morgan fingerprint density at radius 2 is 1.68 bits per heavy atom. The Morgan fingerprint density at radius 3 is 2.18 bits per heavy atom. The Hall–Kier alpha value is -1.71. The molecule has 1 aliphatic carbocycles. The average Bonchev–Trinajstić information content (AvgIpc) is 3.28. The number of ether oxygens (including phenoxy) is 1. The Balaban J connectivity index is 1.81. The van der Waals surface area contributed by atoms with E-state index in [1.807, 2.05) is 24.3 Å². The molecule has 0 radical (unpaired) electrons. The topological polar surface area (TPSA) is 38.3 Å². The lowest BCUT2D eigenvalue weighted by Crippen LogP contribution is -2.27. The van der Waals surface area contributed by atoms with Crippen LogP contribution in [0.3, 0.4) is 0 Å². The van der Waals surface area contributed by atoms with E-state index in [-0.39, 0.29) is 5.91 Å². The van der Waals surface area contributed by atoms with E-state index in [0.717, 1.165) is 24.2 Å². The number of rotatable bonds is 4. The van der Waals surface area contributed by atoms with Gasteiger partial charge < -0.3 is 10.1 Å². The second-order valence-corrected chi connectivity index (χ2v) is 6.30. The van der Waals surface area contributed by atoms with E-state index in [2.05, 4.69) is 5.32 Å². The lowest BCUT2D eigenvalue weighted by molar-refractivity contribution is -0.118. The van der Waals surface area contributed by atoms with Gasteiger partial charge in [-0.15, -0.1) is 0 Å². The van der Waals surface area contributed by atoms with Gasteiger partial charge in [-0.2, -0.15) is 0 Å². The Labute approximate surface area is 139 Å². The van der Waals surface area contributed by atoms with Gasteiger partial charge >= 0.3 is 0 Å². The quantitative estimate of drug-likeness (QED) is 0.881. The first kappa shape index (κ1) is 15.2. The molecule has 0 spiro atoms. The van der Waals surface area contributed by atoms with Gasteiger partial charge in [-0.3, -0.25) is 4.79 Å². The summed E-state index contributed by atoms with van der Waals surface area (Å²) < 4.78 is 5.15. The molecule has 1 fully saturated rings. The summed E-state index contributed by atoms with van der Waals surface area (Å²) in [6, 6.07) is 12.6. The molecular formula is C17H15Cl2NO2. The number of hydrogen-bond donors (Lipinski definition) is 1. The summed E-state index contributed by atoms with van der Waals surface area (Å²) >= 11 is 11.9. The highest BCUT2D eigenvalue weighted by atomic mass is 35.5. The Morgan fingerprint density at radius 1 is 1.09 bits per heavy atom. The van der Waals surface area contributed by atoms with Gasteiger partial charge in [0, 0.05) is 15.7 Å². The van der Waals surface area contributed by atoms with Crippen LogP contribution in [0.1, 0.15) is 18.4 Å². The number of halogens is 2. The molecule has 3 rings (SSSR count). The predicted octanol–water partition coefficient (Wildman–Crippen LogP) is 4.67. The van der Waals surface area contributed by atoms with Crippen LogP contribution in [-0.2, 0) is 10.2 Å². The zero-order chi connectivity index (χ0) is 15.7. The fraction of sp³-hybridized carbons (Fsp3) is 0.235. The highest BCUT2D eigenvalue weighted by Crippen LogP contribution is 2.49. The van der Waals surface area contributed by atoms with E-state index in [0.29, 0.717) is 15.7 Å². The van der Waals surface area contributed by atoms with E-state index >= 15 is 0 Å². The molecule has 0 saturated heterocycles. The van der Waals surface area contributed by atoms with Crippen molar-refractivity contribution in [1.29, 1.82) is 0 Å². The molecule has 3 nitrogen and oxygen atoms in total. The number of benzene rings is 2. The molecule has 0 atom stereocenters. The van der Waals surface area contributed by atoms with Crippen LogP contribution in [0, 0.1) is 0 Å². The fourth-order valence-corrected chi connectivity index (χ4v) is 3.08. The molecule has 0 unspecified atom stereocenters. The summed E-state index contributed by atoms with van der Waals surface area (Å²) in [6.45, 7) is 0. The molecule has 2 aromatic carbocycles. The number of methoxy groups -OCH3 is 1. The summed E-state index contributed by atoms with van der Waals surface area (Å²) in [5.41, 5.74) is 1.15. The molecule has 0 aromatic heterocycles. The van der Waals surface area contributed by atoms with Crippen LogP contribution >= 0.6 is 23.2 Å². The first-order valence-corrected chi connectivity index (χ1v) is 7.71. The number of carbonyl (C=O) groups is 1. The van der Waals surface area contributed by atoms with Crippen molar-refractivity contribution >= 4 is 34.8 Å². The van der Waals surface area contributed by atoms with E-state index in [4.69, 9.17) is 27.9 Å². The largest absolute Gasteiger partial charge is 0.497 e. The standard InChI is InChI=1S/C17H15Cl2NO2/c1-22-15-4-2-11(3-5-15)17(6-7-17)16(21)20-14-9-12(18)8-13(19)10-14/h2-5,8-10H,6-7H2,1H3,(H,20,21). The van der Waals surface area contributed by atoms with Crippen molar-refractivity contribution in [2.75, 3.05) is 12.4 Å². The molecule has 2 aromatic rings. The van der Waals surface area contributed by atoms with Crippen molar-refractivity contribution in [3.8, 4) is 5.75 Å². The zero-order valence-electron chi connectivity index (χ0n) is 12.0. The fourth-order valence-electron chi connectivity index (χ4n) is 2.56. The van der Waals surface area contributed by atoms with E-state index in [1.54, 1.807) is 25.3 Å². The third kappa shape index (κ3) is 2.92. The second kappa shape index (κ2) is 5.82. The molecule has 5 heteroatoms. The highest BCUT2D eigenvalue weighted by molar-refractivity contribution is 6.35. The van der Waals surface area contributed by atoms with Crippen molar-refractivity contribution in [2.24, 2.45) is 0 Å². The average molecular weight is 336 g/mol. The highest BCUT2D eigenvalue weighted by Gasteiger charge is 2.51. The minimum absolute atomic E-state index is 0.0315. The van der Waals surface area contributed by atoms with Crippen molar-refractivity contribution in [3.63, 3.8) is 0 Å². The van der Waals surface area contributed by atoms with Crippen molar-refractivity contribution in [3.05, 3.63) is 58.1 Å². The van der Waals surface area contributed by atoms with Crippen LogP contribution in [-0.4, -0.2) is 13.0 Å². The molecule has 0 aliphatic heterocycles. The number of carbonyl (C=O) groups excluding carboxylic acids is 1. The summed E-state index contributed by atoms with van der Waals surface area (Å²) in [4.78, 5) is 12.6. The molecule has 1 amide bonds. The van der Waals surface area contributed by atoms with Crippen LogP contribution in [0.5, 0.6) is 5.75 Å². The van der Waals surface area contributed by atoms with Gasteiger partial charge in [0.2, 0.25) is 5.91 Å². The smallest absolute Gasteiger partial charge is 0.235 e. The Kier molecular flexibility index (Phi) is 4.02. The van der Waals surface area contributed by atoms with Gasteiger partial charge in [0.25, 0.3) is 0 Å².